The molecule has 0 aromatic heterocycles. The van der Waals surface area contributed by atoms with Crippen molar-refractivity contribution in [3.8, 4) is 0 Å². The van der Waals surface area contributed by atoms with Gasteiger partial charge in [-0.1, -0.05) is 140 Å². The first-order chi connectivity index (χ1) is 14.4. The van der Waals surface area contributed by atoms with E-state index >= 15 is 0 Å². The minimum atomic E-state index is 1.07. The van der Waals surface area contributed by atoms with E-state index in [2.05, 4.69) is 62.5 Å². The lowest BCUT2D eigenvalue weighted by atomic mass is 10.1. The van der Waals surface area contributed by atoms with Gasteiger partial charge in [-0.2, -0.15) is 0 Å². The Morgan fingerprint density at radius 1 is 0.310 bits per heavy atom. The molecule has 29 heavy (non-hydrogen) atoms. The molecule has 0 bridgehead atoms. The molecule has 0 unspecified atom stereocenters. The maximum Gasteiger partial charge on any atom is -0.0169 e. The van der Waals surface area contributed by atoms with Gasteiger partial charge in [-0.05, 0) is 44.9 Å². The summed E-state index contributed by atoms with van der Waals surface area (Å²) in [6, 6.07) is 0. The number of allylic oxidation sites excluding steroid dienone is 8. The first-order valence-corrected chi connectivity index (χ1v) is 13.0. The fourth-order valence-electron chi connectivity index (χ4n) is 3.49. The third kappa shape index (κ3) is 27.0. The van der Waals surface area contributed by atoms with Crippen molar-refractivity contribution >= 4 is 0 Å². The van der Waals surface area contributed by atoms with E-state index in [1.165, 1.54) is 103 Å². The molecular formula is C29H52. The number of unbranched alkanes of at least 4 members (excludes halogenated alkanes) is 14. The average molecular weight is 401 g/mol. The van der Waals surface area contributed by atoms with Crippen LogP contribution in [0.3, 0.4) is 0 Å². The standard InChI is InChI=1S/C29H52/c1-3-5-7-9-11-13-15-17-19-21-23-25-27-29-28-26-24-22-20-18-16-14-12-10-8-6-4-2/h11,13,17,19,23,25,28-29H,3-10,12,14-16,18,20-22,24,26-27H2,1-2H3/b13-11+,19-17+,25-23+,29-28+. The molecule has 0 nitrogen and oxygen atoms in total. The molecule has 0 aliphatic carbocycles. The van der Waals surface area contributed by atoms with E-state index in [1.54, 1.807) is 0 Å². The minimum absolute atomic E-state index is 1.07. The molecule has 0 saturated heterocycles. The summed E-state index contributed by atoms with van der Waals surface area (Å²) in [6.45, 7) is 4.55. The molecular weight excluding hydrogens is 348 g/mol. The fraction of sp³-hybridized carbons (Fsp3) is 0.724. The van der Waals surface area contributed by atoms with Crippen molar-refractivity contribution in [3.05, 3.63) is 48.6 Å². The summed E-state index contributed by atoms with van der Waals surface area (Å²) >= 11 is 0. The summed E-state index contributed by atoms with van der Waals surface area (Å²) < 4.78 is 0. The highest BCUT2D eigenvalue weighted by atomic mass is 14.0. The molecule has 0 fully saturated rings. The summed E-state index contributed by atoms with van der Waals surface area (Å²) in [5.41, 5.74) is 0. The van der Waals surface area contributed by atoms with E-state index in [4.69, 9.17) is 0 Å². The van der Waals surface area contributed by atoms with Crippen LogP contribution in [0.4, 0.5) is 0 Å². The van der Waals surface area contributed by atoms with Crippen LogP contribution in [0.2, 0.25) is 0 Å². The van der Waals surface area contributed by atoms with Gasteiger partial charge in [0.05, 0.1) is 0 Å². The normalized spacial score (nSPS) is 12.5. The molecule has 0 N–H and O–H groups in total. The highest BCUT2D eigenvalue weighted by Gasteiger charge is 1.92. The lowest BCUT2D eigenvalue weighted by molar-refractivity contribution is 0.550. The summed E-state index contributed by atoms with van der Waals surface area (Å²) in [4.78, 5) is 0. The average Bonchev–Trinajstić information content (AvgIpc) is 2.74. The van der Waals surface area contributed by atoms with Crippen molar-refractivity contribution in [1.29, 1.82) is 0 Å². The highest BCUT2D eigenvalue weighted by Crippen LogP contribution is 2.12. The van der Waals surface area contributed by atoms with E-state index in [1.807, 2.05) is 0 Å². The van der Waals surface area contributed by atoms with E-state index in [-0.39, 0.29) is 0 Å². The van der Waals surface area contributed by atoms with Gasteiger partial charge in [0.2, 0.25) is 0 Å². The molecule has 0 aliphatic rings. The third-order valence-electron chi connectivity index (χ3n) is 5.43. The summed E-state index contributed by atoms with van der Waals surface area (Å²) in [7, 11) is 0. The van der Waals surface area contributed by atoms with Crippen LogP contribution < -0.4 is 0 Å². The molecule has 0 rings (SSSR count). The second-order valence-electron chi connectivity index (χ2n) is 8.41. The maximum absolute atomic E-state index is 2.37. The Bertz CT molecular complexity index is 396. The summed E-state index contributed by atoms with van der Waals surface area (Å²) in [5, 5.41) is 0. The molecule has 0 aromatic rings. The zero-order valence-corrected chi connectivity index (χ0v) is 20.1. The lowest BCUT2D eigenvalue weighted by Crippen LogP contribution is -1.81. The fourth-order valence-corrected chi connectivity index (χ4v) is 3.49. The first kappa shape index (κ1) is 28.0. The van der Waals surface area contributed by atoms with E-state index in [0.29, 0.717) is 0 Å². The van der Waals surface area contributed by atoms with Crippen LogP contribution >= 0.6 is 0 Å². The molecule has 0 atom stereocenters. The van der Waals surface area contributed by atoms with Gasteiger partial charge in [-0.3, -0.25) is 0 Å². The molecule has 168 valence electrons. The highest BCUT2D eigenvalue weighted by molar-refractivity contribution is 4.99. The summed E-state index contributed by atoms with van der Waals surface area (Å²) in [6.07, 6.45) is 43.9. The molecule has 0 aliphatic heterocycles. The molecule has 0 radical (unpaired) electrons. The van der Waals surface area contributed by atoms with Crippen molar-refractivity contribution in [1.82, 2.24) is 0 Å². The molecule has 0 heteroatoms. The number of hydrogen-bond donors (Lipinski definition) is 0. The second-order valence-corrected chi connectivity index (χ2v) is 8.41. The van der Waals surface area contributed by atoms with Gasteiger partial charge in [0.25, 0.3) is 0 Å². The zero-order valence-electron chi connectivity index (χ0n) is 20.1. The lowest BCUT2D eigenvalue weighted by Gasteiger charge is -2.01. The van der Waals surface area contributed by atoms with Crippen molar-refractivity contribution < 1.29 is 0 Å². The largest absolute Gasteiger partial charge is 0.0882 e. The van der Waals surface area contributed by atoms with Crippen LogP contribution in [0.5, 0.6) is 0 Å². The van der Waals surface area contributed by atoms with Gasteiger partial charge in [-0.15, -0.1) is 0 Å². The van der Waals surface area contributed by atoms with Crippen LogP contribution in [0.15, 0.2) is 48.6 Å². The van der Waals surface area contributed by atoms with Gasteiger partial charge in [0.15, 0.2) is 0 Å². The Labute approximate surface area is 184 Å². The van der Waals surface area contributed by atoms with Crippen molar-refractivity contribution in [2.45, 2.75) is 136 Å². The van der Waals surface area contributed by atoms with Crippen molar-refractivity contribution in [3.63, 3.8) is 0 Å². The van der Waals surface area contributed by atoms with Crippen molar-refractivity contribution in [2.24, 2.45) is 0 Å². The third-order valence-corrected chi connectivity index (χ3v) is 5.43. The molecule has 0 saturated carbocycles. The van der Waals surface area contributed by atoms with Gasteiger partial charge in [0, 0.05) is 0 Å². The number of hydrogen-bond acceptors (Lipinski definition) is 0. The Balaban J connectivity index is 3.28. The van der Waals surface area contributed by atoms with Crippen LogP contribution in [0.1, 0.15) is 136 Å². The number of rotatable bonds is 22. The van der Waals surface area contributed by atoms with Crippen LogP contribution in [0.25, 0.3) is 0 Å². The zero-order chi connectivity index (χ0) is 21.1. The predicted octanol–water partition coefficient (Wildman–Crippen LogP) is 10.7. The Morgan fingerprint density at radius 2 is 0.586 bits per heavy atom. The smallest absolute Gasteiger partial charge is 0.0169 e. The van der Waals surface area contributed by atoms with Gasteiger partial charge in [-0.25, -0.2) is 0 Å². The Morgan fingerprint density at radius 3 is 1.00 bits per heavy atom. The van der Waals surface area contributed by atoms with Gasteiger partial charge < -0.3 is 0 Å². The van der Waals surface area contributed by atoms with E-state index < -0.39 is 0 Å². The first-order valence-electron chi connectivity index (χ1n) is 13.0. The van der Waals surface area contributed by atoms with E-state index in [0.717, 1.165) is 19.3 Å². The van der Waals surface area contributed by atoms with E-state index in [9.17, 15) is 0 Å². The Kier molecular flexibility index (Phi) is 26.0. The van der Waals surface area contributed by atoms with Crippen LogP contribution in [-0.4, -0.2) is 0 Å². The monoisotopic (exact) mass is 400 g/mol. The topological polar surface area (TPSA) is 0 Å². The van der Waals surface area contributed by atoms with Crippen LogP contribution in [-0.2, 0) is 0 Å². The van der Waals surface area contributed by atoms with Gasteiger partial charge >= 0.3 is 0 Å². The van der Waals surface area contributed by atoms with Crippen molar-refractivity contribution in [2.75, 3.05) is 0 Å². The maximum atomic E-state index is 2.37. The predicted molar refractivity (Wildman–Crippen MR) is 136 cm³/mol. The SMILES string of the molecule is CCCCC/C=C/C/C=C/C/C=C/C/C=C/CCCCCCCCCCCCC. The summed E-state index contributed by atoms with van der Waals surface area (Å²) in [5.74, 6) is 0. The van der Waals surface area contributed by atoms with Gasteiger partial charge in [0.1, 0.15) is 0 Å². The molecule has 0 heterocycles. The second kappa shape index (κ2) is 27.0. The molecule has 0 spiro atoms. The Hall–Kier alpha value is -1.04. The quantitative estimate of drug-likeness (QED) is 0.125. The molecule has 0 aromatic carbocycles. The minimum Gasteiger partial charge on any atom is -0.0882 e. The van der Waals surface area contributed by atoms with Crippen LogP contribution in [0, 0.1) is 0 Å². The molecule has 0 amide bonds.